The van der Waals surface area contributed by atoms with Crippen LogP contribution >= 0.6 is 12.2 Å². The van der Waals surface area contributed by atoms with Gasteiger partial charge >= 0.3 is 0 Å². The van der Waals surface area contributed by atoms with Gasteiger partial charge in [0.1, 0.15) is 5.75 Å². The number of methoxy groups -OCH3 is 1. The van der Waals surface area contributed by atoms with E-state index in [4.69, 9.17) is 17.0 Å². The molecule has 2 aromatic carbocycles. The molecule has 154 valence electrons. The molecule has 1 aliphatic carbocycles. The van der Waals surface area contributed by atoms with Crippen LogP contribution in [0.5, 0.6) is 5.75 Å². The minimum atomic E-state index is -0.312. The van der Waals surface area contributed by atoms with Crippen LogP contribution < -0.4 is 15.4 Å². The molecular weight excluding hydrogens is 402 g/mol. The lowest BCUT2D eigenvalue weighted by atomic mass is 10.1. The van der Waals surface area contributed by atoms with E-state index in [1.165, 1.54) is 0 Å². The van der Waals surface area contributed by atoms with Crippen molar-refractivity contribution in [3.63, 3.8) is 0 Å². The van der Waals surface area contributed by atoms with Crippen LogP contribution in [0.15, 0.2) is 48.5 Å². The first-order chi connectivity index (χ1) is 14.6. The fourth-order valence-electron chi connectivity index (χ4n) is 3.15. The molecule has 1 aromatic heterocycles. The Labute approximate surface area is 178 Å². The first-order valence-corrected chi connectivity index (χ1v) is 9.96. The number of benzene rings is 2. The van der Waals surface area contributed by atoms with Gasteiger partial charge in [-0.1, -0.05) is 12.1 Å². The molecule has 3 aromatic rings. The van der Waals surface area contributed by atoms with E-state index in [9.17, 15) is 9.59 Å². The minimum absolute atomic E-state index is 0.239. The predicted molar refractivity (Wildman–Crippen MR) is 114 cm³/mol. The summed E-state index contributed by atoms with van der Waals surface area (Å²) < 4.78 is 7.62. The zero-order chi connectivity index (χ0) is 21.1. The van der Waals surface area contributed by atoms with Gasteiger partial charge in [0.05, 0.1) is 24.9 Å². The second-order valence-electron chi connectivity index (χ2n) is 6.96. The maximum Gasteiger partial charge on any atom is 0.255 e. The molecule has 0 saturated heterocycles. The summed E-state index contributed by atoms with van der Waals surface area (Å²) in [6, 6.07) is 14.0. The molecule has 1 heterocycles. The number of para-hydroxylation sites is 1. The van der Waals surface area contributed by atoms with E-state index >= 15 is 0 Å². The highest BCUT2D eigenvalue weighted by Crippen LogP contribution is 2.35. The Hall–Kier alpha value is -3.46. The van der Waals surface area contributed by atoms with Crippen molar-refractivity contribution < 1.29 is 14.3 Å². The average molecular weight is 423 g/mol. The maximum atomic E-state index is 12.8. The van der Waals surface area contributed by atoms with Crippen molar-refractivity contribution in [2.24, 2.45) is 0 Å². The van der Waals surface area contributed by atoms with Crippen LogP contribution in [0, 0.1) is 4.77 Å². The number of H-pyrrole nitrogens is 1. The number of ether oxygens (including phenoxy) is 1. The molecule has 3 N–H and O–H groups in total. The van der Waals surface area contributed by atoms with Crippen LogP contribution in [-0.2, 0) is 6.54 Å². The summed E-state index contributed by atoms with van der Waals surface area (Å²) >= 11 is 5.27. The van der Waals surface area contributed by atoms with E-state index < -0.39 is 0 Å². The van der Waals surface area contributed by atoms with E-state index in [0.717, 1.165) is 12.8 Å². The normalized spacial score (nSPS) is 13.0. The van der Waals surface area contributed by atoms with E-state index in [-0.39, 0.29) is 18.4 Å². The number of carbonyl (C=O) groups excluding carboxylic acids is 2. The number of anilines is 1. The molecule has 2 amide bonds. The Bertz CT molecular complexity index is 1130. The third-order valence-corrected chi connectivity index (χ3v) is 5.16. The van der Waals surface area contributed by atoms with E-state index in [1.54, 1.807) is 55.6 Å². The molecule has 1 saturated carbocycles. The van der Waals surface area contributed by atoms with Gasteiger partial charge in [0.2, 0.25) is 0 Å². The molecular formula is C21H21N5O3S. The van der Waals surface area contributed by atoms with E-state index in [1.807, 2.05) is 4.57 Å². The van der Waals surface area contributed by atoms with Gasteiger partial charge in [-0.15, -0.1) is 0 Å². The number of nitrogens with one attached hydrogen (secondary N) is 3. The van der Waals surface area contributed by atoms with Crippen LogP contribution in [0.1, 0.15) is 45.4 Å². The van der Waals surface area contributed by atoms with Gasteiger partial charge in [0, 0.05) is 11.6 Å². The molecule has 1 fully saturated rings. The molecule has 0 spiro atoms. The number of amides is 2. The largest absolute Gasteiger partial charge is 0.497 e. The highest BCUT2D eigenvalue weighted by atomic mass is 32.1. The predicted octanol–water partition coefficient (Wildman–Crippen LogP) is 3.47. The van der Waals surface area contributed by atoms with Crippen molar-refractivity contribution in [2.75, 3.05) is 12.4 Å². The summed E-state index contributed by atoms with van der Waals surface area (Å²) in [6.07, 6.45) is 2.13. The number of nitrogens with zero attached hydrogens (tertiary/aromatic N) is 2. The summed E-state index contributed by atoms with van der Waals surface area (Å²) in [5.41, 5.74) is 1.26. The van der Waals surface area contributed by atoms with Crippen molar-refractivity contribution in [2.45, 2.75) is 25.4 Å². The molecule has 8 nitrogen and oxygen atoms in total. The van der Waals surface area contributed by atoms with Gasteiger partial charge < -0.3 is 15.4 Å². The van der Waals surface area contributed by atoms with Crippen molar-refractivity contribution >= 4 is 29.7 Å². The van der Waals surface area contributed by atoms with E-state index in [0.29, 0.717) is 39.2 Å². The Morgan fingerprint density at radius 3 is 2.60 bits per heavy atom. The van der Waals surface area contributed by atoms with Crippen molar-refractivity contribution in [1.82, 2.24) is 20.1 Å². The van der Waals surface area contributed by atoms with Gasteiger partial charge in [-0.25, -0.2) is 0 Å². The Morgan fingerprint density at radius 2 is 1.90 bits per heavy atom. The fourth-order valence-corrected chi connectivity index (χ4v) is 3.45. The molecule has 0 aliphatic heterocycles. The molecule has 0 atom stereocenters. The molecule has 4 rings (SSSR count). The smallest absolute Gasteiger partial charge is 0.255 e. The zero-order valence-corrected chi connectivity index (χ0v) is 17.2. The first-order valence-electron chi connectivity index (χ1n) is 9.55. The standard InChI is InChI=1S/C21H21N5O3S/c1-29-15-10-6-13(7-11-15)19(27)23-17-5-3-2-4-16(17)20(28)22-12-18-24-25-21(30)26(18)14-8-9-14/h2-7,10-11,14H,8-9,12H2,1H3,(H,22,28)(H,23,27)(H,25,30). The Morgan fingerprint density at radius 1 is 1.17 bits per heavy atom. The van der Waals surface area contributed by atoms with Gasteiger partial charge in [-0.05, 0) is 61.5 Å². The maximum absolute atomic E-state index is 12.8. The van der Waals surface area contributed by atoms with Crippen molar-refractivity contribution in [1.29, 1.82) is 0 Å². The number of aromatic nitrogens is 3. The zero-order valence-electron chi connectivity index (χ0n) is 16.3. The van der Waals surface area contributed by atoms with Gasteiger partial charge in [-0.2, -0.15) is 5.10 Å². The lowest BCUT2D eigenvalue weighted by Gasteiger charge is -2.12. The lowest BCUT2D eigenvalue weighted by molar-refractivity contribution is 0.0950. The second-order valence-corrected chi connectivity index (χ2v) is 7.34. The SMILES string of the molecule is COc1ccc(C(=O)Nc2ccccc2C(=O)NCc2n[nH]c(=S)n2C2CC2)cc1. The van der Waals surface area contributed by atoms with Crippen molar-refractivity contribution in [3.8, 4) is 5.75 Å². The summed E-state index contributed by atoms with van der Waals surface area (Å²) in [4.78, 5) is 25.4. The van der Waals surface area contributed by atoms with Crippen LogP contribution in [0.25, 0.3) is 0 Å². The minimum Gasteiger partial charge on any atom is -0.497 e. The van der Waals surface area contributed by atoms with Crippen LogP contribution in [0.3, 0.4) is 0 Å². The van der Waals surface area contributed by atoms with Crippen molar-refractivity contribution in [3.05, 3.63) is 70.3 Å². The number of hydrogen-bond donors (Lipinski definition) is 3. The molecule has 30 heavy (non-hydrogen) atoms. The highest BCUT2D eigenvalue weighted by Gasteiger charge is 2.27. The van der Waals surface area contributed by atoms with Gasteiger partial charge in [0.15, 0.2) is 10.6 Å². The monoisotopic (exact) mass is 423 g/mol. The Balaban J connectivity index is 1.46. The third kappa shape index (κ3) is 4.25. The summed E-state index contributed by atoms with van der Waals surface area (Å²) in [7, 11) is 1.56. The molecule has 0 radical (unpaired) electrons. The summed E-state index contributed by atoms with van der Waals surface area (Å²) in [6.45, 7) is 0.239. The average Bonchev–Trinajstić information content (AvgIpc) is 3.54. The van der Waals surface area contributed by atoms with Gasteiger partial charge in [-0.3, -0.25) is 19.3 Å². The number of carbonyl (C=O) groups is 2. The lowest BCUT2D eigenvalue weighted by Crippen LogP contribution is -2.26. The third-order valence-electron chi connectivity index (χ3n) is 4.87. The molecule has 1 aliphatic rings. The van der Waals surface area contributed by atoms with Crippen LogP contribution in [0.2, 0.25) is 0 Å². The van der Waals surface area contributed by atoms with Crippen LogP contribution in [-0.4, -0.2) is 33.7 Å². The second kappa shape index (κ2) is 8.50. The quantitative estimate of drug-likeness (QED) is 0.505. The number of hydrogen-bond acceptors (Lipinski definition) is 5. The first kappa shape index (κ1) is 19.8. The highest BCUT2D eigenvalue weighted by molar-refractivity contribution is 7.71. The van der Waals surface area contributed by atoms with Crippen LogP contribution in [0.4, 0.5) is 5.69 Å². The molecule has 0 bridgehead atoms. The number of rotatable bonds is 7. The topological polar surface area (TPSA) is 101 Å². The van der Waals surface area contributed by atoms with Gasteiger partial charge in [0.25, 0.3) is 11.8 Å². The fraction of sp³-hybridized carbons (Fsp3) is 0.238. The molecule has 9 heteroatoms. The van der Waals surface area contributed by atoms with E-state index in [2.05, 4.69) is 20.8 Å². The Kier molecular flexibility index (Phi) is 5.62. The number of aromatic amines is 1. The summed E-state index contributed by atoms with van der Waals surface area (Å²) in [5, 5.41) is 12.7. The molecule has 0 unspecified atom stereocenters. The summed E-state index contributed by atoms with van der Waals surface area (Å²) in [5.74, 6) is 0.732.